The third-order valence-corrected chi connectivity index (χ3v) is 3.85. The molecule has 112 valence electrons. The lowest BCUT2D eigenvalue weighted by atomic mass is 10.1. The number of hydrogen-bond donors (Lipinski definition) is 0. The van der Waals surface area contributed by atoms with Gasteiger partial charge >= 0.3 is 6.18 Å². The fourth-order valence-electron chi connectivity index (χ4n) is 1.57. The zero-order chi connectivity index (χ0) is 15.8. The molecule has 0 spiro atoms. The van der Waals surface area contributed by atoms with Crippen LogP contribution in [0.4, 0.5) is 13.2 Å². The molecule has 1 heterocycles. The van der Waals surface area contributed by atoms with Crippen molar-refractivity contribution in [2.75, 3.05) is 6.26 Å². The first kappa shape index (κ1) is 15.7. The first-order valence-electron chi connectivity index (χ1n) is 5.49. The number of rotatable bonds is 2. The van der Waals surface area contributed by atoms with Gasteiger partial charge in [-0.1, -0.05) is 23.7 Å². The van der Waals surface area contributed by atoms with Crippen molar-refractivity contribution in [2.24, 2.45) is 0 Å². The van der Waals surface area contributed by atoms with Gasteiger partial charge in [0.2, 0.25) is 5.82 Å². The molecular weight excluding hydrogens is 329 g/mol. The molecule has 1 aromatic heterocycles. The van der Waals surface area contributed by atoms with Gasteiger partial charge in [0, 0.05) is 17.9 Å². The maximum Gasteiger partial charge on any atom is 0.451 e. The fourth-order valence-corrected chi connectivity index (χ4v) is 2.38. The Kier molecular flexibility index (Phi) is 3.94. The number of halogens is 4. The average Bonchev–Trinajstić information content (AvgIpc) is 2.36. The van der Waals surface area contributed by atoms with Crippen molar-refractivity contribution < 1.29 is 21.6 Å². The Balaban J connectivity index is 2.50. The lowest BCUT2D eigenvalue weighted by Gasteiger charge is -2.08. The van der Waals surface area contributed by atoms with Gasteiger partial charge in [-0.2, -0.15) is 13.2 Å². The van der Waals surface area contributed by atoms with Crippen molar-refractivity contribution >= 4 is 21.4 Å². The van der Waals surface area contributed by atoms with E-state index in [1.165, 1.54) is 30.3 Å². The van der Waals surface area contributed by atoms with E-state index >= 15 is 0 Å². The van der Waals surface area contributed by atoms with Crippen LogP contribution in [-0.4, -0.2) is 24.6 Å². The fraction of sp³-hybridized carbons (Fsp3) is 0.167. The minimum absolute atomic E-state index is 0.0395. The molecule has 0 saturated carbocycles. The molecule has 0 bridgehead atoms. The largest absolute Gasteiger partial charge is 0.451 e. The number of nitrogens with zero attached hydrogens (tertiary/aromatic N) is 2. The summed E-state index contributed by atoms with van der Waals surface area (Å²) in [6, 6.07) is 6.46. The number of aromatic nitrogens is 2. The van der Waals surface area contributed by atoms with E-state index in [0.717, 1.165) is 6.26 Å². The van der Waals surface area contributed by atoms with Gasteiger partial charge in [0.05, 0.1) is 10.6 Å². The summed E-state index contributed by atoms with van der Waals surface area (Å²) in [7, 11) is -3.38. The second-order valence-corrected chi connectivity index (χ2v) is 6.60. The van der Waals surface area contributed by atoms with Crippen molar-refractivity contribution in [3.63, 3.8) is 0 Å². The molecule has 4 nitrogen and oxygen atoms in total. The number of hydrogen-bond acceptors (Lipinski definition) is 4. The second-order valence-electron chi connectivity index (χ2n) is 4.19. The molecule has 21 heavy (non-hydrogen) atoms. The molecular formula is C12H8ClF3N2O2S. The Morgan fingerprint density at radius 2 is 1.67 bits per heavy atom. The molecule has 2 rings (SSSR count). The molecule has 0 N–H and O–H groups in total. The van der Waals surface area contributed by atoms with E-state index in [9.17, 15) is 21.6 Å². The Hall–Kier alpha value is -1.67. The normalized spacial score (nSPS) is 12.4. The first-order chi connectivity index (χ1) is 9.57. The number of sulfone groups is 1. The van der Waals surface area contributed by atoms with Gasteiger partial charge in [0.1, 0.15) is 5.15 Å². The quantitative estimate of drug-likeness (QED) is 0.790. The van der Waals surface area contributed by atoms with E-state index in [4.69, 9.17) is 11.6 Å². The molecule has 9 heteroatoms. The highest BCUT2D eigenvalue weighted by molar-refractivity contribution is 7.90. The van der Waals surface area contributed by atoms with Crippen LogP contribution in [0.1, 0.15) is 5.82 Å². The van der Waals surface area contributed by atoms with Gasteiger partial charge in [-0.15, -0.1) is 0 Å². The van der Waals surface area contributed by atoms with E-state index in [2.05, 4.69) is 9.97 Å². The second kappa shape index (κ2) is 5.27. The molecule has 0 amide bonds. The van der Waals surface area contributed by atoms with Crippen molar-refractivity contribution in [1.29, 1.82) is 0 Å². The molecule has 2 aromatic rings. The summed E-state index contributed by atoms with van der Waals surface area (Å²) in [5, 5.41) is -0.348. The molecule has 1 aromatic carbocycles. The van der Waals surface area contributed by atoms with Gasteiger partial charge in [0.15, 0.2) is 9.84 Å². The highest BCUT2D eigenvalue weighted by Crippen LogP contribution is 2.30. The van der Waals surface area contributed by atoms with Crippen LogP contribution in [0.25, 0.3) is 11.3 Å². The van der Waals surface area contributed by atoms with Crippen LogP contribution in [0.2, 0.25) is 5.15 Å². The predicted octanol–water partition coefficient (Wildman–Crippen LogP) is 3.22. The Morgan fingerprint density at radius 1 is 1.10 bits per heavy atom. The van der Waals surface area contributed by atoms with E-state index in [-0.39, 0.29) is 15.7 Å². The minimum Gasteiger partial charge on any atom is -0.224 e. The zero-order valence-electron chi connectivity index (χ0n) is 10.5. The van der Waals surface area contributed by atoms with Crippen molar-refractivity contribution in [2.45, 2.75) is 11.1 Å². The molecule has 0 aliphatic rings. The summed E-state index contributed by atoms with van der Waals surface area (Å²) in [4.78, 5) is 6.58. The smallest absolute Gasteiger partial charge is 0.224 e. The Bertz CT molecular complexity index is 774. The summed E-state index contributed by atoms with van der Waals surface area (Å²) < 4.78 is 60.5. The van der Waals surface area contributed by atoms with Crippen LogP contribution in [0.5, 0.6) is 0 Å². The van der Waals surface area contributed by atoms with Crippen LogP contribution in [0.15, 0.2) is 35.2 Å². The molecule has 0 aliphatic carbocycles. The summed E-state index contributed by atoms with van der Waals surface area (Å²) in [6.07, 6.45) is -3.68. The van der Waals surface area contributed by atoms with E-state index in [1.807, 2.05) is 0 Å². The van der Waals surface area contributed by atoms with Crippen LogP contribution < -0.4 is 0 Å². The average molecular weight is 337 g/mol. The Labute approximate surface area is 123 Å². The minimum atomic E-state index is -4.72. The molecule has 0 atom stereocenters. The van der Waals surface area contributed by atoms with Gasteiger partial charge in [-0.25, -0.2) is 18.4 Å². The predicted molar refractivity (Wildman–Crippen MR) is 70.6 cm³/mol. The van der Waals surface area contributed by atoms with E-state index in [0.29, 0.717) is 5.56 Å². The maximum absolute atomic E-state index is 12.6. The standard InChI is InChI=1S/C12H8ClF3N2O2S/c1-21(19,20)8-4-2-7(3-5-8)9-6-10(13)18-11(17-9)12(14,15)16/h2-6H,1H3. The monoisotopic (exact) mass is 336 g/mol. The van der Waals surface area contributed by atoms with E-state index < -0.39 is 21.8 Å². The highest BCUT2D eigenvalue weighted by atomic mass is 35.5. The molecule has 0 aliphatic heterocycles. The van der Waals surface area contributed by atoms with Crippen LogP contribution in [0, 0.1) is 0 Å². The summed E-state index contributed by atoms with van der Waals surface area (Å²) in [5.41, 5.74) is 0.263. The zero-order valence-corrected chi connectivity index (χ0v) is 12.1. The number of alkyl halides is 3. The van der Waals surface area contributed by atoms with Crippen LogP contribution in [0.3, 0.4) is 0 Å². The molecule has 0 fully saturated rings. The van der Waals surface area contributed by atoms with Crippen LogP contribution in [-0.2, 0) is 16.0 Å². The lowest BCUT2D eigenvalue weighted by Crippen LogP contribution is -2.11. The van der Waals surface area contributed by atoms with Gasteiger partial charge < -0.3 is 0 Å². The van der Waals surface area contributed by atoms with Gasteiger partial charge in [0.25, 0.3) is 0 Å². The maximum atomic E-state index is 12.6. The number of benzene rings is 1. The summed E-state index contributed by atoms with van der Waals surface area (Å²) in [6.45, 7) is 0. The molecule has 0 saturated heterocycles. The highest BCUT2D eigenvalue weighted by Gasteiger charge is 2.35. The van der Waals surface area contributed by atoms with Crippen molar-refractivity contribution in [3.05, 3.63) is 41.3 Å². The lowest BCUT2D eigenvalue weighted by molar-refractivity contribution is -0.144. The molecule has 0 radical (unpaired) electrons. The Morgan fingerprint density at radius 3 is 2.14 bits per heavy atom. The third-order valence-electron chi connectivity index (χ3n) is 2.53. The SMILES string of the molecule is CS(=O)(=O)c1ccc(-c2cc(Cl)nc(C(F)(F)F)n2)cc1. The third kappa shape index (κ3) is 3.70. The topological polar surface area (TPSA) is 59.9 Å². The van der Waals surface area contributed by atoms with Gasteiger partial charge in [-0.05, 0) is 12.1 Å². The molecule has 0 unspecified atom stereocenters. The van der Waals surface area contributed by atoms with Crippen LogP contribution >= 0.6 is 11.6 Å². The van der Waals surface area contributed by atoms with Crippen molar-refractivity contribution in [3.8, 4) is 11.3 Å². The van der Waals surface area contributed by atoms with Crippen molar-refractivity contribution in [1.82, 2.24) is 9.97 Å². The van der Waals surface area contributed by atoms with Gasteiger partial charge in [-0.3, -0.25) is 0 Å². The first-order valence-corrected chi connectivity index (χ1v) is 7.76. The summed E-state index contributed by atoms with van der Waals surface area (Å²) >= 11 is 5.56. The van der Waals surface area contributed by atoms with E-state index in [1.54, 1.807) is 0 Å². The summed E-state index contributed by atoms with van der Waals surface area (Å²) in [5.74, 6) is -1.35.